The quantitative estimate of drug-likeness (QED) is 0.248. The largest absolute Gasteiger partial charge is 0.423 e. The number of ketones is 1. The number of Topliss-reactive ketones (excluding diaryl/α,β-unsaturated/α-hetero) is 1. The summed E-state index contributed by atoms with van der Waals surface area (Å²) in [6, 6.07) is 17.5. The molecule has 2 aromatic heterocycles. The third-order valence-electron chi connectivity index (χ3n) is 5.38. The lowest BCUT2D eigenvalue weighted by Gasteiger charge is -2.05. The van der Waals surface area contributed by atoms with E-state index in [0.29, 0.717) is 43.6 Å². The van der Waals surface area contributed by atoms with Crippen LogP contribution in [0.1, 0.15) is 21.5 Å². The molecule has 0 aliphatic carbocycles. The zero-order valence-corrected chi connectivity index (χ0v) is 18.4. The maximum atomic E-state index is 12.9. The van der Waals surface area contributed by atoms with Crippen molar-refractivity contribution in [1.82, 2.24) is 9.97 Å². The van der Waals surface area contributed by atoms with Crippen LogP contribution >= 0.6 is 23.2 Å². The molecule has 2 heterocycles. The lowest BCUT2D eigenvalue weighted by atomic mass is 10.0. The van der Waals surface area contributed by atoms with Crippen molar-refractivity contribution >= 4 is 51.0 Å². The van der Waals surface area contributed by atoms with Gasteiger partial charge in [0.15, 0.2) is 5.78 Å². The fraction of sp³-hybridized carbons (Fsp3) is 0.0800. The van der Waals surface area contributed by atoms with Crippen molar-refractivity contribution in [1.29, 1.82) is 0 Å². The fourth-order valence-corrected chi connectivity index (χ4v) is 4.37. The van der Waals surface area contributed by atoms with E-state index in [0.717, 1.165) is 16.5 Å². The highest BCUT2D eigenvalue weighted by molar-refractivity contribution is 6.39. The molecule has 0 fully saturated rings. The minimum Gasteiger partial charge on any atom is -0.423 e. The molecule has 32 heavy (non-hydrogen) atoms. The van der Waals surface area contributed by atoms with Crippen molar-refractivity contribution in [3.63, 3.8) is 0 Å². The Bertz CT molecular complexity index is 1560. The minimum absolute atomic E-state index is 0.0619. The van der Waals surface area contributed by atoms with E-state index in [1.54, 1.807) is 42.5 Å². The van der Waals surface area contributed by atoms with E-state index < -0.39 is 5.63 Å². The molecule has 0 amide bonds. The summed E-state index contributed by atoms with van der Waals surface area (Å²) in [5.41, 5.74) is 4.26. The average molecular weight is 463 g/mol. The first kappa shape index (κ1) is 20.5. The van der Waals surface area contributed by atoms with Gasteiger partial charge >= 0.3 is 5.63 Å². The van der Waals surface area contributed by atoms with Gasteiger partial charge < -0.3 is 9.40 Å². The maximum absolute atomic E-state index is 12.9. The minimum atomic E-state index is -0.405. The van der Waals surface area contributed by atoms with Crippen molar-refractivity contribution in [2.24, 2.45) is 0 Å². The molecular weight excluding hydrogens is 447 g/mol. The van der Waals surface area contributed by atoms with Crippen molar-refractivity contribution in [3.8, 4) is 11.4 Å². The second-order valence-electron chi connectivity index (χ2n) is 7.59. The van der Waals surface area contributed by atoms with Crippen LogP contribution < -0.4 is 5.63 Å². The van der Waals surface area contributed by atoms with Crippen LogP contribution in [0.15, 0.2) is 69.9 Å². The summed E-state index contributed by atoms with van der Waals surface area (Å²) >= 11 is 12.6. The summed E-state index contributed by atoms with van der Waals surface area (Å²) in [4.78, 5) is 32.4. The highest BCUT2D eigenvalue weighted by Crippen LogP contribution is 2.34. The number of H-pyrrole nitrogens is 1. The lowest BCUT2D eigenvalue weighted by Crippen LogP contribution is -2.04. The van der Waals surface area contributed by atoms with E-state index in [1.165, 1.54) is 6.07 Å². The molecule has 0 bridgehead atoms. The number of fused-ring (bicyclic) bond motifs is 2. The smallest absolute Gasteiger partial charge is 0.336 e. The molecule has 0 atom stereocenters. The van der Waals surface area contributed by atoms with Gasteiger partial charge in [-0.1, -0.05) is 41.4 Å². The van der Waals surface area contributed by atoms with Gasteiger partial charge in [0.2, 0.25) is 0 Å². The topological polar surface area (TPSA) is 76.0 Å². The van der Waals surface area contributed by atoms with Gasteiger partial charge in [0.05, 0.1) is 26.6 Å². The number of imidazole rings is 1. The van der Waals surface area contributed by atoms with Gasteiger partial charge in [-0.15, -0.1) is 0 Å². The molecule has 0 radical (unpaired) electrons. The number of nitrogens with zero attached hydrogens (tertiary/aromatic N) is 1. The Labute approximate surface area is 192 Å². The predicted molar refractivity (Wildman–Crippen MR) is 127 cm³/mol. The third kappa shape index (κ3) is 3.70. The fourth-order valence-electron chi connectivity index (χ4n) is 3.79. The first-order valence-corrected chi connectivity index (χ1v) is 10.7. The molecule has 5 aromatic rings. The molecule has 7 heteroatoms. The number of hydrogen-bond donors (Lipinski definition) is 1. The predicted octanol–water partition coefficient (Wildman–Crippen LogP) is 6.38. The van der Waals surface area contributed by atoms with Gasteiger partial charge in [-0.2, -0.15) is 0 Å². The van der Waals surface area contributed by atoms with Gasteiger partial charge in [-0.05, 0) is 54.4 Å². The standard InChI is InChI=1S/C25H16Cl2N2O3/c1-13-9-23(31)32-22-11-14(5-7-16(13)22)10-21(30)15-6-8-19-20(12-15)29-25(28-19)24-17(26)3-2-4-18(24)27/h2-9,11-12H,10H2,1H3,(H,28,29). The molecule has 0 saturated heterocycles. The summed E-state index contributed by atoms with van der Waals surface area (Å²) < 4.78 is 5.29. The Morgan fingerprint density at radius 3 is 2.59 bits per heavy atom. The van der Waals surface area contributed by atoms with E-state index in [-0.39, 0.29) is 12.2 Å². The summed E-state index contributed by atoms with van der Waals surface area (Å²) in [5.74, 6) is 0.480. The normalized spacial score (nSPS) is 11.3. The third-order valence-corrected chi connectivity index (χ3v) is 6.01. The summed E-state index contributed by atoms with van der Waals surface area (Å²) in [7, 11) is 0. The number of aryl methyl sites for hydroxylation is 1. The second-order valence-corrected chi connectivity index (χ2v) is 8.41. The molecule has 158 valence electrons. The Kier molecular flexibility index (Phi) is 5.08. The van der Waals surface area contributed by atoms with E-state index >= 15 is 0 Å². The first-order chi connectivity index (χ1) is 15.4. The van der Waals surface area contributed by atoms with E-state index in [1.807, 2.05) is 19.1 Å². The van der Waals surface area contributed by atoms with Crippen LogP contribution in [-0.2, 0) is 6.42 Å². The van der Waals surface area contributed by atoms with Gasteiger partial charge in [-0.25, -0.2) is 9.78 Å². The van der Waals surface area contributed by atoms with Crippen LogP contribution in [0.2, 0.25) is 10.0 Å². The number of carbonyl (C=O) groups is 1. The number of halogens is 2. The van der Waals surface area contributed by atoms with Crippen LogP contribution in [0.4, 0.5) is 0 Å². The maximum Gasteiger partial charge on any atom is 0.336 e. The molecule has 5 rings (SSSR count). The molecule has 1 N–H and O–H groups in total. The zero-order valence-electron chi connectivity index (χ0n) is 16.9. The Balaban J connectivity index is 1.46. The average Bonchev–Trinajstić information content (AvgIpc) is 3.16. The number of rotatable bonds is 4. The monoisotopic (exact) mass is 462 g/mol. The molecule has 3 aromatic carbocycles. The van der Waals surface area contributed by atoms with Crippen molar-refractivity contribution in [3.05, 3.63) is 97.8 Å². The SMILES string of the molecule is Cc1cc(=O)oc2cc(CC(=O)c3ccc4nc(-c5c(Cl)cccc5Cl)[nH]c4c3)ccc12. The van der Waals surface area contributed by atoms with Crippen molar-refractivity contribution in [2.45, 2.75) is 13.3 Å². The molecule has 0 unspecified atom stereocenters. The lowest BCUT2D eigenvalue weighted by molar-refractivity contribution is 0.0993. The molecular formula is C25H16Cl2N2O3. The number of benzene rings is 3. The van der Waals surface area contributed by atoms with Crippen LogP contribution in [0.5, 0.6) is 0 Å². The number of aromatic amines is 1. The molecule has 0 aliphatic heterocycles. The summed E-state index contributed by atoms with van der Waals surface area (Å²) in [6.07, 6.45) is 0.177. The van der Waals surface area contributed by atoms with Gasteiger partial charge in [0.1, 0.15) is 11.4 Å². The number of hydrogen-bond acceptors (Lipinski definition) is 4. The molecule has 0 aliphatic rings. The van der Waals surface area contributed by atoms with Gasteiger partial charge in [0.25, 0.3) is 0 Å². The van der Waals surface area contributed by atoms with Crippen LogP contribution in [-0.4, -0.2) is 15.8 Å². The number of carbonyl (C=O) groups excluding carboxylic acids is 1. The zero-order chi connectivity index (χ0) is 22.4. The van der Waals surface area contributed by atoms with Crippen LogP contribution in [0, 0.1) is 6.92 Å². The van der Waals surface area contributed by atoms with E-state index in [2.05, 4.69) is 9.97 Å². The Hall–Kier alpha value is -3.41. The van der Waals surface area contributed by atoms with E-state index in [4.69, 9.17) is 27.6 Å². The Morgan fingerprint density at radius 2 is 1.81 bits per heavy atom. The molecule has 0 saturated carbocycles. The first-order valence-electron chi connectivity index (χ1n) is 9.90. The molecule has 0 spiro atoms. The summed E-state index contributed by atoms with van der Waals surface area (Å²) in [5, 5.41) is 1.84. The van der Waals surface area contributed by atoms with E-state index in [9.17, 15) is 9.59 Å². The highest BCUT2D eigenvalue weighted by atomic mass is 35.5. The highest BCUT2D eigenvalue weighted by Gasteiger charge is 2.15. The number of nitrogens with one attached hydrogen (secondary N) is 1. The molecule has 5 nitrogen and oxygen atoms in total. The Morgan fingerprint density at radius 1 is 1.03 bits per heavy atom. The van der Waals surface area contributed by atoms with Crippen LogP contribution in [0.3, 0.4) is 0 Å². The van der Waals surface area contributed by atoms with Gasteiger partial charge in [0, 0.05) is 23.4 Å². The van der Waals surface area contributed by atoms with Crippen LogP contribution in [0.25, 0.3) is 33.4 Å². The van der Waals surface area contributed by atoms with Gasteiger partial charge in [-0.3, -0.25) is 4.79 Å². The summed E-state index contributed by atoms with van der Waals surface area (Å²) in [6.45, 7) is 1.85. The van der Waals surface area contributed by atoms with Crippen molar-refractivity contribution < 1.29 is 9.21 Å². The van der Waals surface area contributed by atoms with Crippen molar-refractivity contribution in [2.75, 3.05) is 0 Å². The second kappa shape index (κ2) is 7.93. The number of aromatic nitrogens is 2.